The molecule has 184 valence electrons. The summed E-state index contributed by atoms with van der Waals surface area (Å²) in [4.78, 5) is 2.39. The first-order valence-corrected chi connectivity index (χ1v) is 13.1. The number of hydrogen-bond donors (Lipinski definition) is 0. The number of benzene rings is 5. The molecule has 0 unspecified atom stereocenters. The molecule has 0 saturated heterocycles. The van der Waals surface area contributed by atoms with Crippen LogP contribution in [-0.4, -0.2) is 6.54 Å². The third-order valence-electron chi connectivity index (χ3n) is 6.87. The van der Waals surface area contributed by atoms with Crippen LogP contribution in [-0.2, 0) is 6.42 Å². The lowest BCUT2D eigenvalue weighted by molar-refractivity contribution is 0.474. The van der Waals surface area contributed by atoms with Gasteiger partial charge in [0.2, 0.25) is 0 Å². The average molecular weight is 492 g/mol. The van der Waals surface area contributed by atoms with E-state index >= 15 is 0 Å². The lowest BCUT2D eigenvalue weighted by Crippen LogP contribution is -2.20. The molecule has 1 aliphatic heterocycles. The van der Waals surface area contributed by atoms with Crippen LogP contribution in [0.5, 0.6) is 11.5 Å². The fraction of sp³-hybridized carbons (Fsp3) is 0.0556. The second-order valence-electron chi connectivity index (χ2n) is 9.35. The smallest absolute Gasteiger partial charge is 0.135 e. The molecule has 0 radical (unpaired) electrons. The Balaban J connectivity index is 1.24. The van der Waals surface area contributed by atoms with Crippen LogP contribution in [0.15, 0.2) is 146 Å². The van der Waals surface area contributed by atoms with Gasteiger partial charge in [-0.2, -0.15) is 0 Å². The van der Waals surface area contributed by atoms with E-state index in [9.17, 15) is 0 Å². The van der Waals surface area contributed by atoms with Crippen LogP contribution in [0.4, 0.5) is 11.4 Å². The third kappa shape index (κ3) is 5.16. The SMILES string of the molecule is C(/C=C/c1ccc(N(CCc2ccccc2)c2ccccc2)cc1)=C1c2ccccc2Oc2ccccc21. The minimum absolute atomic E-state index is 0.895. The lowest BCUT2D eigenvalue weighted by atomic mass is 9.93. The van der Waals surface area contributed by atoms with Gasteiger partial charge in [-0.25, -0.2) is 0 Å². The molecule has 0 bridgehead atoms. The highest BCUT2D eigenvalue weighted by Crippen LogP contribution is 2.43. The standard InChI is InChI=1S/C36H29NO/c1-3-12-28(13-4-1)26-27-37(30-15-5-2-6-16-30)31-24-22-29(23-25-31)14-11-19-32-33-17-7-9-20-35(33)38-36-21-10-8-18-34(32)36/h1-25H,26-27H2/b14-11+. The maximum absolute atomic E-state index is 6.12. The molecule has 0 atom stereocenters. The van der Waals surface area contributed by atoms with Crippen molar-refractivity contribution in [3.63, 3.8) is 0 Å². The van der Waals surface area contributed by atoms with E-state index in [1.54, 1.807) is 0 Å². The summed E-state index contributed by atoms with van der Waals surface area (Å²) in [7, 11) is 0. The molecule has 5 aromatic carbocycles. The maximum atomic E-state index is 6.12. The number of fused-ring (bicyclic) bond motifs is 2. The predicted molar refractivity (Wildman–Crippen MR) is 159 cm³/mol. The summed E-state index contributed by atoms with van der Waals surface area (Å²) in [5.74, 6) is 1.79. The minimum Gasteiger partial charge on any atom is -0.456 e. The van der Waals surface area contributed by atoms with Gasteiger partial charge in [0.25, 0.3) is 0 Å². The molecular formula is C36H29NO. The Kier molecular flexibility index (Phi) is 6.86. The van der Waals surface area contributed by atoms with Crippen molar-refractivity contribution in [2.45, 2.75) is 6.42 Å². The van der Waals surface area contributed by atoms with Crippen LogP contribution in [0.25, 0.3) is 11.6 Å². The molecule has 0 saturated carbocycles. The zero-order valence-electron chi connectivity index (χ0n) is 21.2. The molecule has 38 heavy (non-hydrogen) atoms. The van der Waals surface area contributed by atoms with Gasteiger partial charge in [0.15, 0.2) is 0 Å². The highest BCUT2D eigenvalue weighted by Gasteiger charge is 2.20. The van der Waals surface area contributed by atoms with Crippen molar-refractivity contribution >= 4 is 23.0 Å². The van der Waals surface area contributed by atoms with Crippen molar-refractivity contribution in [2.75, 3.05) is 11.4 Å². The van der Waals surface area contributed by atoms with Crippen LogP contribution in [0.1, 0.15) is 22.3 Å². The highest BCUT2D eigenvalue weighted by molar-refractivity contribution is 5.89. The molecule has 5 aromatic rings. The van der Waals surface area contributed by atoms with E-state index in [0.717, 1.165) is 41.2 Å². The largest absolute Gasteiger partial charge is 0.456 e. The zero-order chi connectivity index (χ0) is 25.6. The van der Waals surface area contributed by atoms with Gasteiger partial charge in [0.05, 0.1) is 0 Å². The topological polar surface area (TPSA) is 12.5 Å². The van der Waals surface area contributed by atoms with Gasteiger partial charge in [-0.3, -0.25) is 0 Å². The van der Waals surface area contributed by atoms with Gasteiger partial charge in [-0.05, 0) is 59.5 Å². The van der Waals surface area contributed by atoms with E-state index in [2.05, 4.69) is 132 Å². The Morgan fingerprint density at radius 3 is 1.76 bits per heavy atom. The van der Waals surface area contributed by atoms with Gasteiger partial charge in [-0.1, -0.05) is 115 Å². The summed E-state index contributed by atoms with van der Waals surface area (Å²) in [6.07, 6.45) is 7.46. The van der Waals surface area contributed by atoms with Crippen LogP contribution >= 0.6 is 0 Å². The molecule has 1 heterocycles. The monoisotopic (exact) mass is 491 g/mol. The van der Waals surface area contributed by atoms with Crippen molar-refractivity contribution in [1.82, 2.24) is 0 Å². The number of ether oxygens (including phenoxy) is 1. The third-order valence-corrected chi connectivity index (χ3v) is 6.87. The summed E-state index contributed by atoms with van der Waals surface area (Å²) in [5.41, 5.74) is 8.30. The Morgan fingerprint density at radius 1 is 0.553 bits per heavy atom. The summed E-state index contributed by atoms with van der Waals surface area (Å²) < 4.78 is 6.12. The molecule has 0 spiro atoms. The first-order chi connectivity index (χ1) is 18.8. The van der Waals surface area contributed by atoms with Crippen molar-refractivity contribution < 1.29 is 4.74 Å². The van der Waals surface area contributed by atoms with Gasteiger partial charge >= 0.3 is 0 Å². The van der Waals surface area contributed by atoms with Crippen LogP contribution in [0, 0.1) is 0 Å². The Morgan fingerprint density at radius 2 is 1.11 bits per heavy atom. The molecule has 1 aliphatic rings. The molecule has 0 amide bonds. The zero-order valence-corrected chi connectivity index (χ0v) is 21.2. The number of para-hydroxylation sites is 3. The van der Waals surface area contributed by atoms with Gasteiger partial charge in [-0.15, -0.1) is 0 Å². The van der Waals surface area contributed by atoms with Crippen LogP contribution in [0.3, 0.4) is 0 Å². The van der Waals surface area contributed by atoms with E-state index < -0.39 is 0 Å². The van der Waals surface area contributed by atoms with Gasteiger partial charge in [0.1, 0.15) is 11.5 Å². The molecule has 6 rings (SSSR count). The fourth-order valence-corrected chi connectivity index (χ4v) is 4.92. The fourth-order valence-electron chi connectivity index (χ4n) is 4.92. The summed E-state index contributed by atoms with van der Waals surface area (Å²) in [6.45, 7) is 0.913. The Labute approximate surface area is 224 Å². The molecule has 2 heteroatoms. The number of rotatable bonds is 7. The quantitative estimate of drug-likeness (QED) is 0.221. The maximum Gasteiger partial charge on any atom is 0.135 e. The number of anilines is 2. The van der Waals surface area contributed by atoms with Crippen LogP contribution in [0.2, 0.25) is 0 Å². The second-order valence-corrected chi connectivity index (χ2v) is 9.35. The van der Waals surface area contributed by atoms with E-state index in [1.165, 1.54) is 22.5 Å². The van der Waals surface area contributed by atoms with E-state index in [-0.39, 0.29) is 0 Å². The lowest BCUT2D eigenvalue weighted by Gasteiger charge is -2.25. The first-order valence-electron chi connectivity index (χ1n) is 13.1. The van der Waals surface area contributed by atoms with E-state index in [4.69, 9.17) is 4.74 Å². The Hall–Kier alpha value is -4.82. The van der Waals surface area contributed by atoms with Gasteiger partial charge in [0, 0.05) is 29.0 Å². The minimum atomic E-state index is 0.895. The van der Waals surface area contributed by atoms with E-state index in [0.29, 0.717) is 0 Å². The summed E-state index contributed by atoms with van der Waals surface area (Å²) in [6, 6.07) is 46.5. The van der Waals surface area contributed by atoms with E-state index in [1.807, 2.05) is 24.3 Å². The van der Waals surface area contributed by atoms with Crippen molar-refractivity contribution in [1.29, 1.82) is 0 Å². The number of nitrogens with zero attached hydrogens (tertiary/aromatic N) is 1. The first kappa shape index (κ1) is 23.6. The molecule has 0 N–H and O–H groups in total. The van der Waals surface area contributed by atoms with Crippen molar-refractivity contribution in [3.05, 3.63) is 168 Å². The average Bonchev–Trinajstić information content (AvgIpc) is 2.99. The summed E-state index contributed by atoms with van der Waals surface area (Å²) in [5, 5.41) is 0. The highest BCUT2D eigenvalue weighted by atomic mass is 16.5. The van der Waals surface area contributed by atoms with Gasteiger partial charge < -0.3 is 9.64 Å². The molecule has 0 aromatic heterocycles. The number of hydrogen-bond acceptors (Lipinski definition) is 2. The number of allylic oxidation sites excluding steroid dienone is 2. The Bertz CT molecular complexity index is 1520. The second kappa shape index (κ2) is 11.1. The summed E-state index contributed by atoms with van der Waals surface area (Å²) >= 11 is 0. The van der Waals surface area contributed by atoms with Crippen molar-refractivity contribution in [2.24, 2.45) is 0 Å². The molecule has 0 fully saturated rings. The predicted octanol–water partition coefficient (Wildman–Crippen LogP) is 9.32. The molecule has 2 nitrogen and oxygen atoms in total. The van der Waals surface area contributed by atoms with Crippen molar-refractivity contribution in [3.8, 4) is 11.5 Å². The van der Waals surface area contributed by atoms with Crippen LogP contribution < -0.4 is 9.64 Å². The molecule has 0 aliphatic carbocycles. The molecular weight excluding hydrogens is 462 g/mol. The normalized spacial score (nSPS) is 11.9.